The van der Waals surface area contributed by atoms with E-state index in [0.717, 1.165) is 31.4 Å². The molecule has 1 aromatic heterocycles. The van der Waals surface area contributed by atoms with Gasteiger partial charge in [-0.1, -0.05) is 27.7 Å². The molecule has 1 heterocycles. The van der Waals surface area contributed by atoms with Gasteiger partial charge in [0.15, 0.2) is 0 Å². The Morgan fingerprint density at radius 1 is 1.19 bits per heavy atom. The zero-order chi connectivity index (χ0) is 15.4. The molecule has 1 aromatic rings. The second-order valence-electron chi connectivity index (χ2n) is 7.30. The van der Waals surface area contributed by atoms with Gasteiger partial charge in [-0.25, -0.2) is 0 Å². The molecule has 0 amide bonds. The van der Waals surface area contributed by atoms with Crippen LogP contribution in [0.3, 0.4) is 0 Å². The number of anilines is 1. The summed E-state index contributed by atoms with van der Waals surface area (Å²) >= 11 is 0. The summed E-state index contributed by atoms with van der Waals surface area (Å²) < 4.78 is 0. The lowest BCUT2D eigenvalue weighted by Gasteiger charge is -2.30. The molecule has 1 fully saturated rings. The Bertz CT molecular complexity index is 440. The highest BCUT2D eigenvalue weighted by molar-refractivity contribution is 5.53. The molecule has 0 bridgehead atoms. The van der Waals surface area contributed by atoms with Gasteiger partial charge in [0, 0.05) is 48.8 Å². The van der Waals surface area contributed by atoms with Gasteiger partial charge in [-0.15, -0.1) is 0 Å². The minimum Gasteiger partial charge on any atom is -0.371 e. The Kier molecular flexibility index (Phi) is 5.63. The first-order chi connectivity index (χ1) is 9.95. The van der Waals surface area contributed by atoms with Crippen molar-refractivity contribution in [2.75, 3.05) is 18.0 Å². The molecule has 1 saturated carbocycles. The van der Waals surface area contributed by atoms with Crippen molar-refractivity contribution in [3.63, 3.8) is 0 Å². The van der Waals surface area contributed by atoms with Crippen molar-refractivity contribution in [1.29, 1.82) is 0 Å². The molecular formula is C18H31N3. The van der Waals surface area contributed by atoms with Crippen LogP contribution in [0.1, 0.15) is 51.8 Å². The number of aromatic nitrogens is 1. The largest absolute Gasteiger partial charge is 0.371 e. The highest BCUT2D eigenvalue weighted by Crippen LogP contribution is 2.25. The second-order valence-corrected chi connectivity index (χ2v) is 7.30. The van der Waals surface area contributed by atoms with Crippen molar-refractivity contribution in [3.05, 3.63) is 23.5 Å². The number of hydrogen-bond donors (Lipinski definition) is 1. The van der Waals surface area contributed by atoms with Crippen molar-refractivity contribution in [2.45, 2.75) is 60.0 Å². The number of hydrogen-bond acceptors (Lipinski definition) is 3. The van der Waals surface area contributed by atoms with Crippen molar-refractivity contribution in [1.82, 2.24) is 10.3 Å². The van der Waals surface area contributed by atoms with Gasteiger partial charge < -0.3 is 10.2 Å². The van der Waals surface area contributed by atoms with Crippen LogP contribution in [0.5, 0.6) is 0 Å². The normalized spacial score (nSPS) is 15.0. The van der Waals surface area contributed by atoms with E-state index in [9.17, 15) is 0 Å². The Labute approximate surface area is 130 Å². The van der Waals surface area contributed by atoms with Crippen LogP contribution >= 0.6 is 0 Å². The standard InChI is InChI=1S/C18H31N3/c1-13(2)11-21(12-14(3)4)18-8-15(5)19-9-16(18)10-20-17-6-7-17/h8-9,13-14,17,20H,6-7,10-12H2,1-5H3. The Hall–Kier alpha value is -1.09. The van der Waals surface area contributed by atoms with E-state index in [-0.39, 0.29) is 0 Å². The zero-order valence-corrected chi connectivity index (χ0v) is 14.3. The minimum atomic E-state index is 0.668. The average Bonchev–Trinajstić information content (AvgIpc) is 3.19. The molecule has 0 spiro atoms. The fourth-order valence-electron chi connectivity index (χ4n) is 2.70. The molecule has 0 unspecified atom stereocenters. The predicted octanol–water partition coefficient (Wildman–Crippen LogP) is 3.76. The van der Waals surface area contributed by atoms with Crippen LogP contribution in [0.4, 0.5) is 5.69 Å². The SMILES string of the molecule is Cc1cc(N(CC(C)C)CC(C)C)c(CNC2CC2)cn1. The Morgan fingerprint density at radius 3 is 2.33 bits per heavy atom. The van der Waals surface area contributed by atoms with Crippen molar-refractivity contribution < 1.29 is 0 Å². The summed E-state index contributed by atoms with van der Waals surface area (Å²) in [6.07, 6.45) is 4.72. The Morgan fingerprint density at radius 2 is 1.81 bits per heavy atom. The van der Waals surface area contributed by atoms with E-state index in [1.807, 2.05) is 0 Å². The molecule has 0 aliphatic heterocycles. The molecule has 0 radical (unpaired) electrons. The van der Waals surface area contributed by atoms with Crippen LogP contribution in [0.15, 0.2) is 12.3 Å². The van der Waals surface area contributed by atoms with Gasteiger partial charge in [0.05, 0.1) is 0 Å². The lowest BCUT2D eigenvalue weighted by atomic mass is 10.1. The average molecular weight is 289 g/mol. The van der Waals surface area contributed by atoms with Gasteiger partial charge in [-0.3, -0.25) is 4.98 Å². The third kappa shape index (κ3) is 5.31. The fraction of sp³-hybridized carbons (Fsp3) is 0.722. The van der Waals surface area contributed by atoms with Crippen molar-refractivity contribution in [3.8, 4) is 0 Å². The van der Waals surface area contributed by atoms with E-state index < -0.39 is 0 Å². The van der Waals surface area contributed by atoms with Gasteiger partial charge in [-0.05, 0) is 37.7 Å². The number of rotatable bonds is 8. The predicted molar refractivity (Wildman–Crippen MR) is 90.7 cm³/mol. The summed E-state index contributed by atoms with van der Waals surface area (Å²) in [5.74, 6) is 1.34. The lowest BCUT2D eigenvalue weighted by Crippen LogP contribution is -2.33. The maximum Gasteiger partial charge on any atom is 0.0445 e. The molecule has 21 heavy (non-hydrogen) atoms. The van der Waals surface area contributed by atoms with Crippen molar-refractivity contribution >= 4 is 5.69 Å². The molecule has 0 atom stereocenters. The van der Waals surface area contributed by atoms with Gasteiger partial charge in [0.1, 0.15) is 0 Å². The Balaban J connectivity index is 2.19. The number of pyridine rings is 1. The van der Waals surface area contributed by atoms with Gasteiger partial charge in [0.2, 0.25) is 0 Å². The quantitative estimate of drug-likeness (QED) is 0.790. The molecule has 3 nitrogen and oxygen atoms in total. The van der Waals surface area contributed by atoms with Gasteiger partial charge in [-0.2, -0.15) is 0 Å². The first-order valence-electron chi connectivity index (χ1n) is 8.39. The number of nitrogens with zero attached hydrogens (tertiary/aromatic N) is 2. The summed E-state index contributed by atoms with van der Waals surface area (Å²) in [6.45, 7) is 14.4. The smallest absolute Gasteiger partial charge is 0.0445 e. The first-order valence-corrected chi connectivity index (χ1v) is 8.39. The maximum absolute atomic E-state index is 4.51. The molecule has 118 valence electrons. The summed E-state index contributed by atoms with van der Waals surface area (Å²) in [5, 5.41) is 3.63. The van der Waals surface area contributed by atoms with Crippen LogP contribution in [-0.2, 0) is 6.54 Å². The summed E-state index contributed by atoms with van der Waals surface area (Å²) in [6, 6.07) is 3.00. The van der Waals surface area contributed by atoms with Gasteiger partial charge in [0.25, 0.3) is 0 Å². The van der Waals surface area contributed by atoms with E-state index in [1.54, 1.807) is 0 Å². The van der Waals surface area contributed by atoms with E-state index in [1.165, 1.54) is 24.1 Å². The molecular weight excluding hydrogens is 258 g/mol. The molecule has 1 aliphatic carbocycles. The number of nitrogens with one attached hydrogen (secondary N) is 1. The van der Waals surface area contributed by atoms with Crippen LogP contribution in [0.25, 0.3) is 0 Å². The molecule has 1 N–H and O–H groups in total. The minimum absolute atomic E-state index is 0.668. The van der Waals surface area contributed by atoms with E-state index in [4.69, 9.17) is 0 Å². The molecule has 2 rings (SSSR count). The van der Waals surface area contributed by atoms with Crippen LogP contribution in [-0.4, -0.2) is 24.1 Å². The highest BCUT2D eigenvalue weighted by Gasteiger charge is 2.21. The first kappa shape index (κ1) is 16.3. The zero-order valence-electron chi connectivity index (χ0n) is 14.3. The van der Waals surface area contributed by atoms with E-state index in [0.29, 0.717) is 11.8 Å². The monoisotopic (exact) mass is 289 g/mol. The molecule has 0 saturated heterocycles. The van der Waals surface area contributed by atoms with Crippen molar-refractivity contribution in [2.24, 2.45) is 11.8 Å². The molecule has 1 aliphatic rings. The maximum atomic E-state index is 4.51. The van der Waals surface area contributed by atoms with Crippen LogP contribution < -0.4 is 10.2 Å². The second kappa shape index (κ2) is 7.26. The fourth-order valence-corrected chi connectivity index (χ4v) is 2.70. The topological polar surface area (TPSA) is 28.2 Å². The molecule has 0 aromatic carbocycles. The van der Waals surface area contributed by atoms with E-state index >= 15 is 0 Å². The third-order valence-electron chi connectivity index (χ3n) is 3.77. The van der Waals surface area contributed by atoms with E-state index in [2.05, 4.69) is 62.1 Å². The van der Waals surface area contributed by atoms with Gasteiger partial charge >= 0.3 is 0 Å². The molecule has 3 heteroatoms. The third-order valence-corrected chi connectivity index (χ3v) is 3.77. The van der Waals surface area contributed by atoms with Crippen LogP contribution in [0, 0.1) is 18.8 Å². The van der Waals surface area contributed by atoms with Crippen LogP contribution in [0.2, 0.25) is 0 Å². The highest BCUT2D eigenvalue weighted by atomic mass is 15.1. The number of aryl methyl sites for hydroxylation is 1. The summed E-state index contributed by atoms with van der Waals surface area (Å²) in [7, 11) is 0. The lowest BCUT2D eigenvalue weighted by molar-refractivity contribution is 0.549. The summed E-state index contributed by atoms with van der Waals surface area (Å²) in [5.41, 5.74) is 3.82. The summed E-state index contributed by atoms with van der Waals surface area (Å²) in [4.78, 5) is 7.06.